The van der Waals surface area contributed by atoms with E-state index in [1.54, 1.807) is 18.2 Å². The highest BCUT2D eigenvalue weighted by Crippen LogP contribution is 2.20. The quantitative estimate of drug-likeness (QED) is 0.718. The highest BCUT2D eigenvalue weighted by molar-refractivity contribution is 5.56. The number of hydrogen-bond acceptors (Lipinski definition) is 5. The molecule has 0 fully saturated rings. The lowest BCUT2D eigenvalue weighted by Gasteiger charge is -1.98. The summed E-state index contributed by atoms with van der Waals surface area (Å²) < 4.78 is 5.24. The van der Waals surface area contributed by atoms with E-state index in [0.717, 1.165) is 17.7 Å². The SMILES string of the molecule is Nc1ccc(CCc2nc(-c3cccc(O)c3)no2)cc1. The summed E-state index contributed by atoms with van der Waals surface area (Å²) in [5.74, 6) is 1.24. The van der Waals surface area contributed by atoms with Gasteiger partial charge >= 0.3 is 0 Å². The van der Waals surface area contributed by atoms with Crippen molar-refractivity contribution in [2.24, 2.45) is 0 Å². The van der Waals surface area contributed by atoms with Gasteiger partial charge in [-0.15, -0.1) is 0 Å². The van der Waals surface area contributed by atoms with E-state index in [1.807, 2.05) is 30.3 Å². The van der Waals surface area contributed by atoms with Crippen LogP contribution in [0.4, 0.5) is 5.69 Å². The number of hydrogen-bond donors (Lipinski definition) is 2. The molecule has 0 amide bonds. The number of anilines is 1. The van der Waals surface area contributed by atoms with Crippen molar-refractivity contribution >= 4 is 5.69 Å². The molecule has 0 atom stereocenters. The van der Waals surface area contributed by atoms with Gasteiger partial charge < -0.3 is 15.4 Å². The van der Waals surface area contributed by atoms with Gasteiger partial charge in [0.05, 0.1) is 0 Å². The summed E-state index contributed by atoms with van der Waals surface area (Å²) in [5.41, 5.74) is 8.31. The van der Waals surface area contributed by atoms with Gasteiger partial charge in [0.1, 0.15) is 5.75 Å². The smallest absolute Gasteiger partial charge is 0.227 e. The molecule has 0 radical (unpaired) electrons. The molecule has 0 saturated heterocycles. The number of rotatable bonds is 4. The predicted octanol–water partition coefficient (Wildman–Crippen LogP) is 2.81. The number of phenols is 1. The standard InChI is InChI=1S/C16H15N3O2/c17-13-7-4-11(5-8-13)6-9-15-18-16(19-21-15)12-2-1-3-14(20)10-12/h1-5,7-8,10,20H,6,9,17H2. The molecule has 0 unspecified atom stereocenters. The molecule has 0 spiro atoms. The van der Waals surface area contributed by atoms with Gasteiger partial charge in [-0.25, -0.2) is 0 Å². The first-order chi connectivity index (χ1) is 10.2. The van der Waals surface area contributed by atoms with Crippen LogP contribution in [0.1, 0.15) is 11.5 Å². The second-order valence-corrected chi connectivity index (χ2v) is 4.80. The van der Waals surface area contributed by atoms with Crippen molar-refractivity contribution < 1.29 is 9.63 Å². The minimum atomic E-state index is 0.181. The summed E-state index contributed by atoms with van der Waals surface area (Å²) in [7, 11) is 0. The Morgan fingerprint density at radius 1 is 1.05 bits per heavy atom. The van der Waals surface area contributed by atoms with E-state index in [0.29, 0.717) is 18.1 Å². The minimum absolute atomic E-state index is 0.181. The maximum atomic E-state index is 9.46. The molecule has 2 aromatic carbocycles. The number of nitrogens with two attached hydrogens (primary N) is 1. The molecule has 0 bridgehead atoms. The highest BCUT2D eigenvalue weighted by atomic mass is 16.5. The molecular formula is C16H15N3O2. The first-order valence-corrected chi connectivity index (χ1v) is 6.67. The largest absolute Gasteiger partial charge is 0.508 e. The summed E-state index contributed by atoms with van der Waals surface area (Å²) in [4.78, 5) is 4.34. The van der Waals surface area contributed by atoms with Gasteiger partial charge in [0.15, 0.2) is 0 Å². The zero-order valence-corrected chi connectivity index (χ0v) is 11.4. The van der Waals surface area contributed by atoms with Crippen LogP contribution in [0.3, 0.4) is 0 Å². The maximum Gasteiger partial charge on any atom is 0.227 e. The van der Waals surface area contributed by atoms with Gasteiger partial charge in [-0.2, -0.15) is 4.98 Å². The normalized spacial score (nSPS) is 10.7. The molecular weight excluding hydrogens is 266 g/mol. The Bertz CT molecular complexity index is 735. The summed E-state index contributed by atoms with van der Waals surface area (Å²) in [6.07, 6.45) is 1.47. The number of aromatic hydroxyl groups is 1. The molecule has 0 aliphatic carbocycles. The van der Waals surface area contributed by atoms with Crippen molar-refractivity contribution in [2.75, 3.05) is 5.73 Å². The third-order valence-corrected chi connectivity index (χ3v) is 3.18. The Morgan fingerprint density at radius 2 is 1.86 bits per heavy atom. The maximum absolute atomic E-state index is 9.46. The zero-order valence-electron chi connectivity index (χ0n) is 11.4. The van der Waals surface area contributed by atoms with Gasteiger partial charge in [0.25, 0.3) is 0 Å². The Labute approximate surface area is 122 Å². The van der Waals surface area contributed by atoms with E-state index < -0.39 is 0 Å². The van der Waals surface area contributed by atoms with Crippen LogP contribution < -0.4 is 5.73 Å². The lowest BCUT2D eigenvalue weighted by atomic mass is 10.1. The molecule has 5 heteroatoms. The fourth-order valence-corrected chi connectivity index (χ4v) is 2.05. The van der Waals surface area contributed by atoms with E-state index >= 15 is 0 Å². The summed E-state index contributed by atoms with van der Waals surface area (Å²) in [6.45, 7) is 0. The van der Waals surface area contributed by atoms with Gasteiger partial charge in [-0.05, 0) is 36.2 Å². The molecule has 1 heterocycles. The number of phenolic OH excluding ortho intramolecular Hbond substituents is 1. The second kappa shape index (κ2) is 5.66. The van der Waals surface area contributed by atoms with Crippen LogP contribution in [0.2, 0.25) is 0 Å². The Balaban J connectivity index is 1.69. The summed E-state index contributed by atoms with van der Waals surface area (Å²) >= 11 is 0. The van der Waals surface area contributed by atoms with E-state index in [9.17, 15) is 5.11 Å². The van der Waals surface area contributed by atoms with Crippen molar-refractivity contribution in [3.05, 3.63) is 60.0 Å². The molecule has 0 saturated carbocycles. The molecule has 3 N–H and O–H groups in total. The minimum Gasteiger partial charge on any atom is -0.508 e. The Kier molecular flexibility index (Phi) is 3.55. The third-order valence-electron chi connectivity index (χ3n) is 3.18. The van der Waals surface area contributed by atoms with Crippen LogP contribution in [0.5, 0.6) is 5.75 Å². The molecule has 5 nitrogen and oxygen atoms in total. The molecule has 0 aliphatic rings. The number of benzene rings is 2. The second-order valence-electron chi connectivity index (χ2n) is 4.80. The number of aryl methyl sites for hydroxylation is 2. The zero-order chi connectivity index (χ0) is 14.7. The lowest BCUT2D eigenvalue weighted by Crippen LogP contribution is -1.92. The lowest BCUT2D eigenvalue weighted by molar-refractivity contribution is 0.379. The number of nitrogens with zero attached hydrogens (tertiary/aromatic N) is 2. The van der Waals surface area contributed by atoms with Crippen molar-refractivity contribution in [2.45, 2.75) is 12.8 Å². The average Bonchev–Trinajstić information content (AvgIpc) is 2.96. The summed E-state index contributed by atoms with van der Waals surface area (Å²) in [6, 6.07) is 14.5. The number of nitrogen functional groups attached to an aromatic ring is 1. The summed E-state index contributed by atoms with van der Waals surface area (Å²) in [5, 5.41) is 13.4. The van der Waals surface area contributed by atoms with Gasteiger partial charge in [-0.1, -0.05) is 29.4 Å². The fraction of sp³-hybridized carbons (Fsp3) is 0.125. The van der Waals surface area contributed by atoms with Crippen LogP contribution in [-0.2, 0) is 12.8 Å². The molecule has 21 heavy (non-hydrogen) atoms. The molecule has 106 valence electrons. The molecule has 3 aromatic rings. The topological polar surface area (TPSA) is 85.2 Å². The van der Waals surface area contributed by atoms with Crippen LogP contribution in [0.15, 0.2) is 53.1 Å². The van der Waals surface area contributed by atoms with E-state index in [2.05, 4.69) is 10.1 Å². The van der Waals surface area contributed by atoms with E-state index in [4.69, 9.17) is 10.3 Å². The number of aromatic nitrogens is 2. The van der Waals surface area contributed by atoms with Crippen molar-refractivity contribution in [1.82, 2.24) is 10.1 Å². The van der Waals surface area contributed by atoms with Crippen molar-refractivity contribution in [3.63, 3.8) is 0 Å². The Morgan fingerprint density at radius 3 is 2.62 bits per heavy atom. The van der Waals surface area contributed by atoms with E-state index in [-0.39, 0.29) is 5.75 Å². The fourth-order valence-electron chi connectivity index (χ4n) is 2.05. The third kappa shape index (κ3) is 3.20. The van der Waals surface area contributed by atoms with Gasteiger partial charge in [0, 0.05) is 17.7 Å². The van der Waals surface area contributed by atoms with Gasteiger partial charge in [0.2, 0.25) is 11.7 Å². The highest BCUT2D eigenvalue weighted by Gasteiger charge is 2.09. The molecule has 1 aromatic heterocycles. The van der Waals surface area contributed by atoms with Crippen LogP contribution in [0, 0.1) is 0 Å². The van der Waals surface area contributed by atoms with Crippen LogP contribution in [-0.4, -0.2) is 15.2 Å². The van der Waals surface area contributed by atoms with Crippen molar-refractivity contribution in [3.8, 4) is 17.1 Å². The average molecular weight is 281 g/mol. The van der Waals surface area contributed by atoms with Crippen molar-refractivity contribution in [1.29, 1.82) is 0 Å². The van der Waals surface area contributed by atoms with E-state index in [1.165, 1.54) is 5.56 Å². The van der Waals surface area contributed by atoms with Crippen LogP contribution in [0.25, 0.3) is 11.4 Å². The molecule has 0 aliphatic heterocycles. The Hall–Kier alpha value is -2.82. The predicted molar refractivity (Wildman–Crippen MR) is 79.7 cm³/mol. The van der Waals surface area contributed by atoms with Gasteiger partial charge in [-0.3, -0.25) is 0 Å². The van der Waals surface area contributed by atoms with Crippen LogP contribution >= 0.6 is 0 Å². The first kappa shape index (κ1) is 13.2. The first-order valence-electron chi connectivity index (χ1n) is 6.67. The monoisotopic (exact) mass is 281 g/mol. The molecule has 3 rings (SSSR count).